The summed E-state index contributed by atoms with van der Waals surface area (Å²) in [7, 11) is 0. The number of carbonyl (C=O) groups is 1. The second kappa shape index (κ2) is 4.28. The highest BCUT2D eigenvalue weighted by atomic mass is 16.2. The van der Waals surface area contributed by atoms with Gasteiger partial charge in [-0.2, -0.15) is 0 Å². The van der Waals surface area contributed by atoms with E-state index in [1.54, 1.807) is 0 Å². The molecule has 16 heavy (non-hydrogen) atoms. The van der Waals surface area contributed by atoms with Crippen molar-refractivity contribution in [2.75, 3.05) is 6.54 Å². The number of rotatable bonds is 2. The fourth-order valence-electron chi connectivity index (χ4n) is 2.14. The summed E-state index contributed by atoms with van der Waals surface area (Å²) >= 11 is 0. The molecule has 0 spiro atoms. The number of likely N-dealkylation sites (tertiary alicyclic amines) is 1. The van der Waals surface area contributed by atoms with Crippen molar-refractivity contribution < 1.29 is 4.79 Å². The first-order chi connectivity index (χ1) is 7.57. The summed E-state index contributed by atoms with van der Waals surface area (Å²) in [6, 6.07) is 10.2. The maximum atomic E-state index is 11.9. The first-order valence-corrected chi connectivity index (χ1v) is 5.89. The monoisotopic (exact) mass is 217 g/mol. The molecule has 0 N–H and O–H groups in total. The number of nitrogens with zero attached hydrogens (tertiary/aromatic N) is 1. The topological polar surface area (TPSA) is 20.3 Å². The number of hydrogen-bond donors (Lipinski definition) is 0. The van der Waals surface area contributed by atoms with Gasteiger partial charge in [0.2, 0.25) is 5.91 Å². The summed E-state index contributed by atoms with van der Waals surface area (Å²) in [5.74, 6) is 0.292. The van der Waals surface area contributed by atoms with E-state index in [2.05, 4.69) is 26.0 Å². The van der Waals surface area contributed by atoms with Gasteiger partial charge in [0.25, 0.3) is 0 Å². The van der Waals surface area contributed by atoms with E-state index in [1.165, 1.54) is 5.56 Å². The molecule has 0 aliphatic carbocycles. The molecule has 1 aliphatic heterocycles. The van der Waals surface area contributed by atoms with Crippen molar-refractivity contribution >= 4 is 5.91 Å². The Morgan fingerprint density at radius 3 is 2.56 bits per heavy atom. The Balaban J connectivity index is 2.00. The van der Waals surface area contributed by atoms with E-state index in [9.17, 15) is 4.79 Å². The Morgan fingerprint density at radius 1 is 1.25 bits per heavy atom. The zero-order valence-electron chi connectivity index (χ0n) is 10.1. The van der Waals surface area contributed by atoms with Crippen LogP contribution in [0.4, 0.5) is 0 Å². The Hall–Kier alpha value is -1.31. The van der Waals surface area contributed by atoms with Crippen LogP contribution in [0.15, 0.2) is 30.3 Å². The van der Waals surface area contributed by atoms with E-state index in [0.29, 0.717) is 12.3 Å². The third-order valence-corrected chi connectivity index (χ3v) is 3.26. The van der Waals surface area contributed by atoms with Crippen LogP contribution in [-0.2, 0) is 11.3 Å². The molecule has 1 heterocycles. The van der Waals surface area contributed by atoms with Crippen LogP contribution in [-0.4, -0.2) is 17.4 Å². The molecule has 2 rings (SSSR count). The molecule has 0 radical (unpaired) electrons. The van der Waals surface area contributed by atoms with Crippen LogP contribution >= 0.6 is 0 Å². The SMILES string of the molecule is CC1(C)CCN(Cc2ccccc2)C(=O)C1. The zero-order chi connectivity index (χ0) is 11.6. The molecule has 2 nitrogen and oxygen atoms in total. The third kappa shape index (κ3) is 2.63. The number of hydrogen-bond acceptors (Lipinski definition) is 1. The summed E-state index contributed by atoms with van der Waals surface area (Å²) in [5, 5.41) is 0. The molecule has 0 aromatic heterocycles. The van der Waals surface area contributed by atoms with E-state index in [4.69, 9.17) is 0 Å². The first kappa shape index (κ1) is 11.2. The van der Waals surface area contributed by atoms with E-state index < -0.39 is 0 Å². The van der Waals surface area contributed by atoms with Gasteiger partial charge in [-0.15, -0.1) is 0 Å². The van der Waals surface area contributed by atoms with Crippen LogP contribution in [0.2, 0.25) is 0 Å². The number of benzene rings is 1. The van der Waals surface area contributed by atoms with Crippen molar-refractivity contribution in [1.82, 2.24) is 4.90 Å². The van der Waals surface area contributed by atoms with Crippen molar-refractivity contribution in [2.45, 2.75) is 33.2 Å². The highest BCUT2D eigenvalue weighted by molar-refractivity contribution is 5.77. The number of amides is 1. The molecule has 1 aromatic carbocycles. The highest BCUT2D eigenvalue weighted by Crippen LogP contribution is 2.31. The van der Waals surface area contributed by atoms with Gasteiger partial charge < -0.3 is 4.90 Å². The fourth-order valence-corrected chi connectivity index (χ4v) is 2.14. The van der Waals surface area contributed by atoms with E-state index in [1.807, 2.05) is 23.1 Å². The molecule has 0 saturated carbocycles. The molecule has 0 bridgehead atoms. The van der Waals surface area contributed by atoms with Gasteiger partial charge in [0, 0.05) is 19.5 Å². The van der Waals surface area contributed by atoms with E-state index in [-0.39, 0.29) is 5.41 Å². The average molecular weight is 217 g/mol. The fraction of sp³-hybridized carbons (Fsp3) is 0.500. The average Bonchev–Trinajstić information content (AvgIpc) is 2.23. The lowest BCUT2D eigenvalue weighted by molar-refractivity contribution is -0.137. The molecular formula is C14H19NO. The van der Waals surface area contributed by atoms with Crippen molar-refractivity contribution in [2.24, 2.45) is 5.41 Å². The number of piperidine rings is 1. The Bertz CT molecular complexity index is 370. The number of carbonyl (C=O) groups excluding carboxylic acids is 1. The van der Waals surface area contributed by atoms with Crippen molar-refractivity contribution in [3.8, 4) is 0 Å². The minimum atomic E-state index is 0.185. The van der Waals surface area contributed by atoms with Crippen LogP contribution in [0.1, 0.15) is 32.3 Å². The van der Waals surface area contributed by atoms with E-state index >= 15 is 0 Å². The largest absolute Gasteiger partial charge is 0.338 e. The van der Waals surface area contributed by atoms with Gasteiger partial charge in [0.05, 0.1) is 0 Å². The van der Waals surface area contributed by atoms with Crippen LogP contribution in [0.5, 0.6) is 0 Å². The molecule has 0 unspecified atom stereocenters. The molecule has 1 aromatic rings. The predicted octanol–water partition coefficient (Wildman–Crippen LogP) is 2.84. The van der Waals surface area contributed by atoms with Gasteiger partial charge in [-0.3, -0.25) is 4.79 Å². The Labute approximate surface area is 97.3 Å². The molecule has 1 saturated heterocycles. The maximum absolute atomic E-state index is 11.9. The second-order valence-electron chi connectivity index (χ2n) is 5.39. The zero-order valence-corrected chi connectivity index (χ0v) is 10.1. The van der Waals surface area contributed by atoms with Gasteiger partial charge in [0.15, 0.2) is 0 Å². The summed E-state index contributed by atoms with van der Waals surface area (Å²) in [6.45, 7) is 5.99. The van der Waals surface area contributed by atoms with Gasteiger partial charge in [-0.25, -0.2) is 0 Å². The Morgan fingerprint density at radius 2 is 1.94 bits per heavy atom. The third-order valence-electron chi connectivity index (χ3n) is 3.26. The molecule has 2 heteroatoms. The predicted molar refractivity (Wildman–Crippen MR) is 64.9 cm³/mol. The standard InChI is InChI=1S/C14H19NO/c1-14(2)8-9-15(13(16)10-14)11-12-6-4-3-5-7-12/h3-7H,8-11H2,1-2H3. The van der Waals surface area contributed by atoms with Gasteiger partial charge in [-0.1, -0.05) is 44.2 Å². The summed E-state index contributed by atoms with van der Waals surface area (Å²) in [5.41, 5.74) is 1.40. The second-order valence-corrected chi connectivity index (χ2v) is 5.39. The summed E-state index contributed by atoms with van der Waals surface area (Å²) in [4.78, 5) is 13.9. The highest BCUT2D eigenvalue weighted by Gasteiger charge is 2.30. The van der Waals surface area contributed by atoms with E-state index in [0.717, 1.165) is 19.5 Å². The molecule has 1 fully saturated rings. The molecule has 86 valence electrons. The minimum absolute atomic E-state index is 0.185. The van der Waals surface area contributed by atoms with Gasteiger partial charge in [-0.05, 0) is 17.4 Å². The minimum Gasteiger partial charge on any atom is -0.338 e. The van der Waals surface area contributed by atoms with Gasteiger partial charge in [0.1, 0.15) is 0 Å². The van der Waals surface area contributed by atoms with Crippen molar-refractivity contribution in [3.05, 3.63) is 35.9 Å². The van der Waals surface area contributed by atoms with Gasteiger partial charge >= 0.3 is 0 Å². The lowest BCUT2D eigenvalue weighted by Gasteiger charge is -2.36. The maximum Gasteiger partial charge on any atom is 0.223 e. The summed E-state index contributed by atoms with van der Waals surface area (Å²) in [6.07, 6.45) is 1.78. The molecule has 1 aliphatic rings. The smallest absolute Gasteiger partial charge is 0.223 e. The molecular weight excluding hydrogens is 198 g/mol. The summed E-state index contributed by atoms with van der Waals surface area (Å²) < 4.78 is 0. The van der Waals surface area contributed by atoms with Crippen LogP contribution in [0.3, 0.4) is 0 Å². The lowest BCUT2D eigenvalue weighted by atomic mass is 9.82. The van der Waals surface area contributed by atoms with Crippen LogP contribution < -0.4 is 0 Å². The van der Waals surface area contributed by atoms with Crippen LogP contribution in [0.25, 0.3) is 0 Å². The van der Waals surface area contributed by atoms with Crippen molar-refractivity contribution in [1.29, 1.82) is 0 Å². The molecule has 1 amide bonds. The first-order valence-electron chi connectivity index (χ1n) is 5.89. The molecule has 0 atom stereocenters. The normalized spacial score (nSPS) is 19.9. The quantitative estimate of drug-likeness (QED) is 0.746. The van der Waals surface area contributed by atoms with Crippen LogP contribution in [0, 0.1) is 5.41 Å². The Kier molecular flexibility index (Phi) is 2.99. The van der Waals surface area contributed by atoms with Crippen molar-refractivity contribution in [3.63, 3.8) is 0 Å². The lowest BCUT2D eigenvalue weighted by Crippen LogP contribution is -2.41.